The Morgan fingerprint density at radius 2 is 1.77 bits per heavy atom. The molecule has 7 rings (SSSR count). The summed E-state index contributed by atoms with van der Waals surface area (Å²) in [6, 6.07) is 15.8. The maximum Gasteiger partial charge on any atom is 0.306 e. The predicted molar refractivity (Wildman–Crippen MR) is 205 cm³/mol. The Morgan fingerprint density at radius 3 is 2.52 bits per heavy atom. The molecule has 270 valence electrons. The van der Waals surface area contributed by atoms with Gasteiger partial charge in [-0.3, -0.25) is 14.6 Å². The van der Waals surface area contributed by atoms with Crippen molar-refractivity contribution in [2.24, 2.45) is 5.92 Å². The molecule has 2 aliphatic rings. The highest BCUT2D eigenvalue weighted by Crippen LogP contribution is 2.42. The summed E-state index contributed by atoms with van der Waals surface area (Å²) in [5.41, 5.74) is 5.23. The Bertz CT molecular complexity index is 2100. The highest BCUT2D eigenvalue weighted by molar-refractivity contribution is 7.18. The molecule has 1 amide bonds. The second kappa shape index (κ2) is 16.1. The maximum absolute atomic E-state index is 11.5. The molecular weight excluding hydrogens is 721 g/mol. The number of nitrogens with zero attached hydrogens (tertiary/aromatic N) is 3. The third-order valence-corrected chi connectivity index (χ3v) is 11.6. The van der Waals surface area contributed by atoms with E-state index in [-0.39, 0.29) is 23.9 Å². The van der Waals surface area contributed by atoms with Crippen molar-refractivity contribution in [2.75, 3.05) is 19.0 Å². The first-order chi connectivity index (χ1) is 25.3. The van der Waals surface area contributed by atoms with Gasteiger partial charge in [-0.1, -0.05) is 53.5 Å². The van der Waals surface area contributed by atoms with Crippen LogP contribution in [0.5, 0.6) is 5.75 Å². The average molecular weight is 761 g/mol. The minimum Gasteiger partial charge on any atom is -0.496 e. The van der Waals surface area contributed by atoms with Gasteiger partial charge in [-0.15, -0.1) is 11.3 Å². The number of anilines is 2. The second-order valence-corrected chi connectivity index (χ2v) is 15.0. The lowest BCUT2D eigenvalue weighted by Crippen LogP contribution is -2.35. The van der Waals surface area contributed by atoms with Gasteiger partial charge in [0.2, 0.25) is 5.91 Å². The van der Waals surface area contributed by atoms with Gasteiger partial charge in [-0.2, -0.15) is 0 Å². The van der Waals surface area contributed by atoms with Crippen LogP contribution in [0.25, 0.3) is 32.6 Å². The Morgan fingerprint density at radius 1 is 1.00 bits per heavy atom. The molecule has 1 saturated heterocycles. The number of carbonyl (C=O) groups is 2. The van der Waals surface area contributed by atoms with Gasteiger partial charge in [-0.25, -0.2) is 9.97 Å². The molecule has 0 unspecified atom stereocenters. The monoisotopic (exact) mass is 759 g/mol. The number of amides is 1. The molecule has 2 fully saturated rings. The SMILES string of the molecule is COc1cc(-c2cccc(-c3cccc(Nc4nccc5sc(CN[C@H]6CC[C@H](C(=O)O)CC6)nc45)c3Cl)c2Cl)ncc1CNC[C@@H]1CCC(=O)N1. The fraction of sp³-hybridized carbons (Fsp3) is 0.342. The maximum atomic E-state index is 11.5. The first-order valence-corrected chi connectivity index (χ1v) is 18.9. The number of ether oxygens (including phenoxy) is 1. The molecule has 5 N–H and O–H groups in total. The molecule has 11 nitrogen and oxygen atoms in total. The first kappa shape index (κ1) is 36.0. The second-order valence-electron chi connectivity index (χ2n) is 13.2. The van der Waals surface area contributed by atoms with Gasteiger partial charge in [0.05, 0.1) is 39.2 Å². The Hall–Kier alpha value is -4.33. The van der Waals surface area contributed by atoms with Crippen LogP contribution in [-0.2, 0) is 22.7 Å². The van der Waals surface area contributed by atoms with Crippen molar-refractivity contribution in [3.05, 3.63) is 81.5 Å². The van der Waals surface area contributed by atoms with Crippen LogP contribution in [0.3, 0.4) is 0 Å². The molecule has 4 heterocycles. The molecule has 2 aromatic carbocycles. The zero-order valence-electron chi connectivity index (χ0n) is 28.5. The van der Waals surface area contributed by atoms with Crippen LogP contribution in [0.15, 0.2) is 60.9 Å². The zero-order valence-corrected chi connectivity index (χ0v) is 30.9. The van der Waals surface area contributed by atoms with Crippen LogP contribution in [0.1, 0.15) is 49.1 Å². The van der Waals surface area contributed by atoms with E-state index in [9.17, 15) is 14.7 Å². The van der Waals surface area contributed by atoms with Gasteiger partial charge < -0.3 is 31.1 Å². The van der Waals surface area contributed by atoms with Crippen LogP contribution in [0, 0.1) is 5.92 Å². The standard InChI is InChI=1S/C38H39Cl2N7O4S/c1-51-30-16-29(44-18-22(30)17-41-19-24-12-13-32(48)45-24)27-6-2-4-25(34(27)39)26-5-3-7-28(35(26)40)46-37-36-31(14-15-42-37)52-33(47-36)20-43-23-10-8-21(9-11-23)38(49)50/h2-7,14-16,18,21,23-24,41,43H,8-13,17,19-20H2,1H3,(H,42,46)(H,45,48)(H,49,50)/t21-,23-,24-/m0/s1. The van der Waals surface area contributed by atoms with E-state index in [2.05, 4.69) is 26.3 Å². The lowest BCUT2D eigenvalue weighted by molar-refractivity contribution is -0.142. The normalized spacial score (nSPS) is 18.8. The number of hydrogen-bond donors (Lipinski definition) is 5. The molecule has 1 aliphatic carbocycles. The van der Waals surface area contributed by atoms with Gasteiger partial charge in [-0.05, 0) is 44.2 Å². The lowest BCUT2D eigenvalue weighted by atomic mass is 9.86. The molecule has 1 aliphatic heterocycles. The van der Waals surface area contributed by atoms with E-state index in [0.717, 1.165) is 56.7 Å². The summed E-state index contributed by atoms with van der Waals surface area (Å²) in [4.78, 5) is 37.1. The third-order valence-electron chi connectivity index (χ3n) is 9.74. The van der Waals surface area contributed by atoms with Crippen LogP contribution in [-0.4, -0.2) is 57.7 Å². The number of hydrogen-bond acceptors (Lipinski definition) is 10. The third kappa shape index (κ3) is 8.01. The number of nitrogens with one attached hydrogen (secondary N) is 4. The van der Waals surface area contributed by atoms with E-state index in [1.54, 1.807) is 30.8 Å². The number of aliphatic carboxylic acids is 1. The quantitative estimate of drug-likeness (QED) is 0.0813. The molecule has 0 bridgehead atoms. The highest BCUT2D eigenvalue weighted by atomic mass is 35.5. The molecular formula is C38H39Cl2N7O4S. The average Bonchev–Trinajstić information content (AvgIpc) is 3.78. The summed E-state index contributed by atoms with van der Waals surface area (Å²) in [6.45, 7) is 1.82. The van der Waals surface area contributed by atoms with E-state index in [4.69, 9.17) is 37.9 Å². The molecule has 1 saturated carbocycles. The Balaban J connectivity index is 1.07. The van der Waals surface area contributed by atoms with Crippen molar-refractivity contribution in [3.8, 4) is 28.1 Å². The minimum absolute atomic E-state index is 0.0957. The summed E-state index contributed by atoms with van der Waals surface area (Å²) in [5.74, 6) is 0.442. The van der Waals surface area contributed by atoms with Crippen molar-refractivity contribution in [3.63, 3.8) is 0 Å². The highest BCUT2D eigenvalue weighted by Gasteiger charge is 2.26. The number of pyridine rings is 2. The number of halogens is 2. The molecule has 3 aromatic heterocycles. The van der Waals surface area contributed by atoms with Gasteiger partial charge >= 0.3 is 5.97 Å². The number of benzene rings is 2. The van der Waals surface area contributed by atoms with Crippen LogP contribution in [0.2, 0.25) is 10.0 Å². The van der Waals surface area contributed by atoms with E-state index >= 15 is 0 Å². The number of carboxylic acids is 1. The number of aromatic nitrogens is 3. The molecule has 0 radical (unpaired) electrons. The predicted octanol–water partition coefficient (Wildman–Crippen LogP) is 7.58. The summed E-state index contributed by atoms with van der Waals surface area (Å²) in [5, 5.41) is 24.6. The number of thiazole rings is 1. The first-order valence-electron chi connectivity index (χ1n) is 17.4. The van der Waals surface area contributed by atoms with Crippen molar-refractivity contribution in [2.45, 2.75) is 63.7 Å². The number of methoxy groups -OCH3 is 1. The molecule has 5 aromatic rings. The molecule has 52 heavy (non-hydrogen) atoms. The summed E-state index contributed by atoms with van der Waals surface area (Å²) >= 11 is 15.8. The topological polar surface area (TPSA) is 150 Å². The van der Waals surface area contributed by atoms with Crippen molar-refractivity contribution in [1.29, 1.82) is 0 Å². The number of carbonyl (C=O) groups excluding carboxylic acids is 1. The van der Waals surface area contributed by atoms with Crippen molar-refractivity contribution >= 4 is 68.1 Å². The molecule has 1 atom stereocenters. The fourth-order valence-corrected chi connectivity index (χ4v) is 8.41. The summed E-state index contributed by atoms with van der Waals surface area (Å²) < 4.78 is 6.72. The largest absolute Gasteiger partial charge is 0.496 e. The lowest BCUT2D eigenvalue weighted by Gasteiger charge is -2.26. The van der Waals surface area contributed by atoms with Crippen LogP contribution >= 0.6 is 34.5 Å². The molecule has 0 spiro atoms. The van der Waals surface area contributed by atoms with E-state index in [0.29, 0.717) is 71.9 Å². The Labute approximate surface area is 315 Å². The number of rotatable bonds is 13. The van der Waals surface area contributed by atoms with Crippen molar-refractivity contribution < 1.29 is 19.4 Å². The van der Waals surface area contributed by atoms with Gasteiger partial charge in [0.15, 0.2) is 5.82 Å². The number of carboxylic acid groups (broad SMARTS) is 1. The number of fused-ring (bicyclic) bond motifs is 1. The Kier molecular flexibility index (Phi) is 11.2. The minimum atomic E-state index is -0.697. The zero-order chi connectivity index (χ0) is 36.2. The van der Waals surface area contributed by atoms with Gasteiger partial charge in [0.25, 0.3) is 0 Å². The van der Waals surface area contributed by atoms with Gasteiger partial charge in [0.1, 0.15) is 16.3 Å². The summed E-state index contributed by atoms with van der Waals surface area (Å²) in [6.07, 6.45) is 8.02. The smallest absolute Gasteiger partial charge is 0.306 e. The van der Waals surface area contributed by atoms with Gasteiger partial charge in [0, 0.05) is 78.9 Å². The van der Waals surface area contributed by atoms with E-state index in [1.165, 1.54) is 0 Å². The van der Waals surface area contributed by atoms with Crippen LogP contribution in [0.4, 0.5) is 11.5 Å². The fourth-order valence-electron chi connectivity index (χ4n) is 6.89. The van der Waals surface area contributed by atoms with Crippen molar-refractivity contribution in [1.82, 2.24) is 30.9 Å². The van der Waals surface area contributed by atoms with E-state index in [1.807, 2.05) is 48.5 Å². The summed E-state index contributed by atoms with van der Waals surface area (Å²) in [7, 11) is 1.63. The van der Waals surface area contributed by atoms with E-state index < -0.39 is 5.97 Å². The molecule has 14 heteroatoms. The van der Waals surface area contributed by atoms with Crippen LogP contribution < -0.4 is 26.0 Å².